The molecule has 1 N–H and O–H groups in total. The molecule has 1 aromatic heterocycles. The minimum atomic E-state index is -3.14. The number of hydrogen-bond acceptors (Lipinski definition) is 5. The maximum Gasteiger partial charge on any atom is 0.259 e. The second-order valence-corrected chi connectivity index (χ2v) is 9.77. The Balaban J connectivity index is 1.50. The molecule has 4 rings (SSSR count). The second kappa shape index (κ2) is 7.02. The Hall–Kier alpha value is -2.16. The molecule has 0 unspecified atom stereocenters. The summed E-state index contributed by atoms with van der Waals surface area (Å²) in [5.41, 5.74) is 2.99. The SMILES string of the molecule is CCS(=O)(=O)N1CC(Nc2cncc(N3C(=O)c4ccc(Cl)cc4[C@@H]3C)c2)C1. The Labute approximate surface area is 169 Å². The first kappa shape index (κ1) is 19.2. The van der Waals surface area contributed by atoms with Gasteiger partial charge in [-0.15, -0.1) is 0 Å². The van der Waals surface area contributed by atoms with Crippen LogP contribution in [0, 0.1) is 0 Å². The van der Waals surface area contributed by atoms with E-state index in [-0.39, 0.29) is 23.7 Å². The molecular weight excluding hydrogens is 400 g/mol. The predicted octanol–water partition coefficient (Wildman–Crippen LogP) is 2.90. The number of hydrogen-bond donors (Lipinski definition) is 1. The number of nitrogens with zero attached hydrogens (tertiary/aromatic N) is 3. The number of nitrogens with one attached hydrogen (secondary N) is 1. The van der Waals surface area contributed by atoms with Crippen molar-refractivity contribution in [3.63, 3.8) is 0 Å². The average Bonchev–Trinajstić information content (AvgIpc) is 2.88. The van der Waals surface area contributed by atoms with E-state index in [1.165, 1.54) is 4.31 Å². The Kier molecular flexibility index (Phi) is 4.81. The Morgan fingerprint density at radius 1 is 1.25 bits per heavy atom. The number of sulfonamides is 1. The molecule has 1 amide bonds. The molecular formula is C19H21ClN4O3S. The molecule has 148 valence electrons. The topological polar surface area (TPSA) is 82.6 Å². The molecule has 2 aliphatic heterocycles. The zero-order chi connectivity index (χ0) is 20.1. The lowest BCUT2D eigenvalue weighted by Crippen LogP contribution is -2.57. The summed E-state index contributed by atoms with van der Waals surface area (Å²) in [6.45, 7) is 4.47. The summed E-state index contributed by atoms with van der Waals surface area (Å²) in [5, 5.41) is 3.90. The van der Waals surface area contributed by atoms with Crippen molar-refractivity contribution in [1.82, 2.24) is 9.29 Å². The van der Waals surface area contributed by atoms with E-state index in [9.17, 15) is 13.2 Å². The monoisotopic (exact) mass is 420 g/mol. The summed E-state index contributed by atoms with van der Waals surface area (Å²) in [4.78, 5) is 18.8. The molecule has 1 saturated heterocycles. The lowest BCUT2D eigenvalue weighted by molar-refractivity contribution is 0.0992. The van der Waals surface area contributed by atoms with Crippen LogP contribution < -0.4 is 10.2 Å². The lowest BCUT2D eigenvalue weighted by atomic mass is 10.1. The summed E-state index contributed by atoms with van der Waals surface area (Å²) < 4.78 is 25.2. The molecule has 28 heavy (non-hydrogen) atoms. The van der Waals surface area contributed by atoms with Gasteiger partial charge in [0.15, 0.2) is 0 Å². The molecule has 1 fully saturated rings. The van der Waals surface area contributed by atoms with Gasteiger partial charge < -0.3 is 5.32 Å². The van der Waals surface area contributed by atoms with Crippen molar-refractivity contribution in [2.24, 2.45) is 0 Å². The summed E-state index contributed by atoms with van der Waals surface area (Å²) in [7, 11) is -3.14. The molecule has 2 aliphatic rings. The minimum Gasteiger partial charge on any atom is -0.378 e. The van der Waals surface area contributed by atoms with Gasteiger partial charge in [0, 0.05) is 23.7 Å². The number of pyridine rings is 1. The molecule has 9 heteroatoms. The van der Waals surface area contributed by atoms with Gasteiger partial charge in [0.25, 0.3) is 5.91 Å². The number of benzene rings is 1. The molecule has 1 aromatic carbocycles. The third-order valence-corrected chi connectivity index (χ3v) is 7.33. The smallest absolute Gasteiger partial charge is 0.259 e. The van der Waals surface area contributed by atoms with Crippen LogP contribution in [-0.2, 0) is 10.0 Å². The third kappa shape index (κ3) is 3.25. The molecule has 0 spiro atoms. The highest BCUT2D eigenvalue weighted by atomic mass is 35.5. The molecule has 0 aliphatic carbocycles. The van der Waals surface area contributed by atoms with Crippen LogP contribution in [-0.4, -0.2) is 48.5 Å². The fourth-order valence-corrected chi connectivity index (χ4v) is 5.03. The van der Waals surface area contributed by atoms with Gasteiger partial charge in [-0.2, -0.15) is 4.31 Å². The van der Waals surface area contributed by atoms with E-state index >= 15 is 0 Å². The van der Waals surface area contributed by atoms with Crippen LogP contribution in [0.15, 0.2) is 36.7 Å². The van der Waals surface area contributed by atoms with Crippen LogP contribution in [0.1, 0.15) is 35.8 Å². The van der Waals surface area contributed by atoms with Crippen molar-refractivity contribution in [2.75, 3.05) is 29.1 Å². The summed E-state index contributed by atoms with van der Waals surface area (Å²) >= 11 is 6.09. The molecule has 0 radical (unpaired) electrons. The Bertz CT molecular complexity index is 1040. The van der Waals surface area contributed by atoms with Gasteiger partial charge in [-0.3, -0.25) is 14.7 Å². The highest BCUT2D eigenvalue weighted by Crippen LogP contribution is 2.38. The number of carbonyl (C=O) groups is 1. The first-order chi connectivity index (χ1) is 13.3. The standard InChI is InChI=1S/C19H21ClN4O3S/c1-3-28(26,27)23-10-15(11-23)22-14-7-16(9-21-8-14)24-12(2)18-6-13(20)4-5-17(18)19(24)25/h4-9,12,15,22H,3,10-11H2,1-2H3/t12-/m0/s1. The van der Waals surface area contributed by atoms with E-state index in [4.69, 9.17) is 11.6 Å². The van der Waals surface area contributed by atoms with Crippen molar-refractivity contribution in [3.05, 3.63) is 52.8 Å². The number of aromatic nitrogens is 1. The van der Waals surface area contributed by atoms with E-state index in [0.29, 0.717) is 29.4 Å². The van der Waals surface area contributed by atoms with Crippen LogP contribution in [0.25, 0.3) is 0 Å². The van der Waals surface area contributed by atoms with Gasteiger partial charge in [0.2, 0.25) is 10.0 Å². The van der Waals surface area contributed by atoms with E-state index < -0.39 is 10.0 Å². The quantitative estimate of drug-likeness (QED) is 0.804. The Morgan fingerprint density at radius 3 is 2.71 bits per heavy atom. The van der Waals surface area contributed by atoms with E-state index in [1.54, 1.807) is 36.4 Å². The molecule has 0 saturated carbocycles. The van der Waals surface area contributed by atoms with Crippen LogP contribution in [0.5, 0.6) is 0 Å². The summed E-state index contributed by atoms with van der Waals surface area (Å²) in [5.74, 6) is 0.0259. The normalized spacial score (nSPS) is 20.2. The highest BCUT2D eigenvalue weighted by Gasteiger charge is 2.36. The van der Waals surface area contributed by atoms with Gasteiger partial charge >= 0.3 is 0 Å². The van der Waals surface area contributed by atoms with E-state index in [2.05, 4.69) is 10.3 Å². The second-order valence-electron chi connectivity index (χ2n) is 7.07. The zero-order valence-electron chi connectivity index (χ0n) is 15.6. The highest BCUT2D eigenvalue weighted by molar-refractivity contribution is 7.89. The molecule has 3 heterocycles. The number of fused-ring (bicyclic) bond motifs is 1. The maximum absolute atomic E-state index is 12.9. The third-order valence-electron chi connectivity index (χ3n) is 5.28. The number of anilines is 2. The van der Waals surface area contributed by atoms with E-state index in [0.717, 1.165) is 11.3 Å². The van der Waals surface area contributed by atoms with Gasteiger partial charge in [0.05, 0.1) is 41.6 Å². The van der Waals surface area contributed by atoms with Crippen LogP contribution in [0.2, 0.25) is 5.02 Å². The zero-order valence-corrected chi connectivity index (χ0v) is 17.2. The van der Waals surface area contributed by atoms with E-state index in [1.807, 2.05) is 19.1 Å². The molecule has 0 bridgehead atoms. The van der Waals surface area contributed by atoms with Gasteiger partial charge in [-0.05, 0) is 43.7 Å². The summed E-state index contributed by atoms with van der Waals surface area (Å²) in [6.07, 6.45) is 3.33. The fourth-order valence-electron chi connectivity index (χ4n) is 3.67. The largest absolute Gasteiger partial charge is 0.378 e. The van der Waals surface area contributed by atoms with Crippen molar-refractivity contribution in [1.29, 1.82) is 0 Å². The maximum atomic E-state index is 12.9. The molecule has 2 aromatic rings. The van der Waals surface area contributed by atoms with Gasteiger partial charge in [-0.1, -0.05) is 11.6 Å². The number of carbonyl (C=O) groups excluding carboxylic acids is 1. The number of halogens is 1. The fraction of sp³-hybridized carbons (Fsp3) is 0.368. The number of rotatable bonds is 5. The van der Waals surface area contributed by atoms with Gasteiger partial charge in [-0.25, -0.2) is 8.42 Å². The summed E-state index contributed by atoms with van der Waals surface area (Å²) in [6, 6.07) is 7.05. The average molecular weight is 421 g/mol. The van der Waals surface area contributed by atoms with Crippen molar-refractivity contribution < 1.29 is 13.2 Å². The number of amides is 1. The minimum absolute atomic E-state index is 0.0288. The van der Waals surface area contributed by atoms with Crippen molar-refractivity contribution >= 4 is 38.9 Å². The molecule has 1 atom stereocenters. The van der Waals surface area contributed by atoms with Crippen molar-refractivity contribution in [2.45, 2.75) is 25.9 Å². The first-order valence-electron chi connectivity index (χ1n) is 9.12. The van der Waals surface area contributed by atoms with Crippen LogP contribution in [0.4, 0.5) is 11.4 Å². The van der Waals surface area contributed by atoms with Crippen LogP contribution >= 0.6 is 11.6 Å². The predicted molar refractivity (Wildman–Crippen MR) is 109 cm³/mol. The first-order valence-corrected chi connectivity index (χ1v) is 11.1. The van der Waals surface area contributed by atoms with Crippen molar-refractivity contribution in [3.8, 4) is 0 Å². The van der Waals surface area contributed by atoms with Crippen LogP contribution in [0.3, 0.4) is 0 Å². The Morgan fingerprint density at radius 2 is 2.00 bits per heavy atom. The lowest BCUT2D eigenvalue weighted by Gasteiger charge is -2.38. The van der Waals surface area contributed by atoms with Gasteiger partial charge in [0.1, 0.15) is 0 Å². The molecule has 7 nitrogen and oxygen atoms in total.